The molecule has 1 aliphatic heterocycles. The fraction of sp³-hybridized carbons (Fsp3) is 0.212. The van der Waals surface area contributed by atoms with Crippen LogP contribution in [-0.4, -0.2) is 54.1 Å². The van der Waals surface area contributed by atoms with Gasteiger partial charge in [0, 0.05) is 23.4 Å². The number of alkyl halides is 6. The summed E-state index contributed by atoms with van der Waals surface area (Å²) in [4.78, 5) is 28.5. The van der Waals surface area contributed by atoms with Crippen LogP contribution in [0.3, 0.4) is 0 Å². The third-order valence-electron chi connectivity index (χ3n) is 8.88. The number of sulfone groups is 1. The van der Waals surface area contributed by atoms with Gasteiger partial charge in [-0.05, 0) is 57.6 Å². The SMILES string of the molecule is CS(=O)(=O)c1ccc2c(c1)CN(C(=O)O)C2(C(=O)Nc1ccc(C(O)(C(F)(F)F)C(F)(F)F)cc1)C1c2ccccc2-c2ccccc21. The van der Waals surface area contributed by atoms with Crippen LogP contribution in [0.4, 0.5) is 36.8 Å². The number of carbonyl (C=O) groups excluding carboxylic acids is 1. The number of nitrogens with zero attached hydrogens (tertiary/aromatic N) is 1. The third kappa shape index (κ3) is 4.74. The summed E-state index contributed by atoms with van der Waals surface area (Å²) >= 11 is 0. The summed E-state index contributed by atoms with van der Waals surface area (Å²) in [5.41, 5.74) is -6.40. The quantitative estimate of drug-likeness (QED) is 0.205. The minimum atomic E-state index is -6.14. The highest BCUT2D eigenvalue weighted by Crippen LogP contribution is 2.58. The molecule has 0 aromatic heterocycles. The van der Waals surface area contributed by atoms with Gasteiger partial charge in [0.25, 0.3) is 11.5 Å². The maximum Gasteiger partial charge on any atom is 0.430 e. The van der Waals surface area contributed by atoms with Crippen LogP contribution in [0.15, 0.2) is 95.9 Å². The van der Waals surface area contributed by atoms with Gasteiger partial charge < -0.3 is 15.5 Å². The van der Waals surface area contributed by atoms with Crippen LogP contribution in [0, 0.1) is 0 Å². The topological polar surface area (TPSA) is 124 Å². The van der Waals surface area contributed by atoms with E-state index >= 15 is 0 Å². The molecule has 0 saturated carbocycles. The number of nitrogens with one attached hydrogen (secondary N) is 1. The molecule has 2 aliphatic rings. The third-order valence-corrected chi connectivity index (χ3v) is 9.99. The van der Waals surface area contributed by atoms with Crippen molar-refractivity contribution in [1.82, 2.24) is 4.90 Å². The maximum atomic E-state index is 14.8. The molecule has 0 bridgehead atoms. The Kier molecular flexibility index (Phi) is 7.44. The fourth-order valence-electron chi connectivity index (χ4n) is 6.76. The van der Waals surface area contributed by atoms with Gasteiger partial charge in [0.15, 0.2) is 15.4 Å². The van der Waals surface area contributed by atoms with Crippen molar-refractivity contribution < 1.29 is 54.6 Å². The summed E-state index contributed by atoms with van der Waals surface area (Å²) in [5, 5.41) is 22.9. The standard InChI is InChI=1S/C33H24F6N2O6S/c1-48(46,47)21-14-15-26-18(16-21)17-41(29(43)44)30(26,27-24-8-4-2-6-22(24)23-7-3-5-9-25(23)27)28(42)40-20-12-10-19(11-13-20)31(45,32(34,35)36)33(37,38)39/h2-16,27,45H,17H2,1H3,(H,40,42)(H,43,44). The van der Waals surface area contributed by atoms with Crippen LogP contribution in [0.25, 0.3) is 11.1 Å². The van der Waals surface area contributed by atoms with Crippen molar-refractivity contribution in [2.75, 3.05) is 11.6 Å². The summed E-state index contributed by atoms with van der Waals surface area (Å²) in [7, 11) is -3.77. The molecule has 250 valence electrons. The Morgan fingerprint density at radius 3 is 1.83 bits per heavy atom. The molecule has 4 aromatic carbocycles. The van der Waals surface area contributed by atoms with E-state index in [0.29, 0.717) is 34.4 Å². The van der Waals surface area contributed by atoms with Crippen LogP contribution >= 0.6 is 0 Å². The molecule has 1 unspecified atom stereocenters. The molecule has 4 aromatic rings. The van der Waals surface area contributed by atoms with Crippen LogP contribution in [-0.2, 0) is 32.3 Å². The van der Waals surface area contributed by atoms with Crippen LogP contribution in [0.5, 0.6) is 0 Å². The van der Waals surface area contributed by atoms with Crippen molar-refractivity contribution in [3.8, 4) is 11.1 Å². The van der Waals surface area contributed by atoms with Gasteiger partial charge in [-0.25, -0.2) is 13.2 Å². The van der Waals surface area contributed by atoms with Crippen LogP contribution in [0.2, 0.25) is 0 Å². The van der Waals surface area contributed by atoms with Crippen molar-refractivity contribution in [1.29, 1.82) is 0 Å². The van der Waals surface area contributed by atoms with E-state index in [1.807, 2.05) is 0 Å². The average Bonchev–Trinajstić information content (AvgIpc) is 3.53. The first kappa shape index (κ1) is 33.0. The molecule has 1 atom stereocenters. The molecule has 3 N–H and O–H groups in total. The molecule has 1 aliphatic carbocycles. The highest BCUT2D eigenvalue weighted by atomic mass is 32.2. The molecule has 0 saturated heterocycles. The van der Waals surface area contributed by atoms with E-state index < -0.39 is 63.4 Å². The normalized spacial score (nSPS) is 17.9. The first-order valence-corrected chi connectivity index (χ1v) is 16.0. The number of rotatable bonds is 5. The zero-order valence-electron chi connectivity index (χ0n) is 24.6. The van der Waals surface area contributed by atoms with Crippen LogP contribution in [0.1, 0.15) is 33.7 Å². The second-order valence-corrected chi connectivity index (χ2v) is 13.6. The fourth-order valence-corrected chi connectivity index (χ4v) is 7.44. The molecule has 0 spiro atoms. The number of fused-ring (bicyclic) bond motifs is 4. The number of anilines is 1. The first-order chi connectivity index (χ1) is 22.3. The van der Waals surface area contributed by atoms with Gasteiger partial charge in [-0.1, -0.05) is 66.7 Å². The van der Waals surface area contributed by atoms with Gasteiger partial charge in [0.1, 0.15) is 0 Å². The van der Waals surface area contributed by atoms with Crippen molar-refractivity contribution in [3.05, 3.63) is 119 Å². The summed E-state index contributed by atoms with van der Waals surface area (Å²) in [6, 6.07) is 19.9. The Labute approximate surface area is 269 Å². The Morgan fingerprint density at radius 2 is 1.35 bits per heavy atom. The highest BCUT2D eigenvalue weighted by Gasteiger charge is 2.71. The number of hydrogen-bond donors (Lipinski definition) is 3. The number of carbonyl (C=O) groups is 2. The number of benzene rings is 4. The van der Waals surface area contributed by atoms with Gasteiger partial charge in [0.05, 0.1) is 11.4 Å². The Balaban J connectivity index is 1.56. The highest BCUT2D eigenvalue weighted by molar-refractivity contribution is 7.90. The predicted octanol–water partition coefficient (Wildman–Crippen LogP) is 6.54. The molecular formula is C33H24F6N2O6S. The molecular weight excluding hydrogens is 666 g/mol. The van der Waals surface area contributed by atoms with Crippen molar-refractivity contribution in [3.63, 3.8) is 0 Å². The van der Waals surface area contributed by atoms with Gasteiger partial charge in [0.2, 0.25) is 0 Å². The lowest BCUT2D eigenvalue weighted by Gasteiger charge is -2.41. The molecule has 48 heavy (non-hydrogen) atoms. The molecule has 8 nitrogen and oxygen atoms in total. The minimum Gasteiger partial charge on any atom is -0.465 e. The second-order valence-electron chi connectivity index (χ2n) is 11.6. The van der Waals surface area contributed by atoms with E-state index in [4.69, 9.17) is 0 Å². The zero-order valence-corrected chi connectivity index (χ0v) is 25.4. The van der Waals surface area contributed by atoms with Gasteiger partial charge in [-0.2, -0.15) is 26.3 Å². The summed E-state index contributed by atoms with van der Waals surface area (Å²) in [6.07, 6.45) is -12.9. The number of carboxylic acid groups (broad SMARTS) is 1. The number of amides is 2. The lowest BCUT2D eigenvalue weighted by molar-refractivity contribution is -0.376. The number of halogens is 6. The van der Waals surface area contributed by atoms with Gasteiger partial charge >= 0.3 is 18.4 Å². The monoisotopic (exact) mass is 690 g/mol. The molecule has 0 fully saturated rings. The largest absolute Gasteiger partial charge is 0.465 e. The maximum absolute atomic E-state index is 14.8. The Bertz CT molecular complexity index is 2020. The zero-order chi connectivity index (χ0) is 35.0. The van der Waals surface area contributed by atoms with E-state index in [9.17, 15) is 54.6 Å². The summed E-state index contributed by atoms with van der Waals surface area (Å²) in [5.74, 6) is -2.05. The average molecular weight is 691 g/mol. The number of aliphatic hydroxyl groups is 1. The Hall–Kier alpha value is -4.89. The van der Waals surface area contributed by atoms with E-state index in [1.165, 1.54) is 18.2 Å². The van der Waals surface area contributed by atoms with Crippen molar-refractivity contribution in [2.24, 2.45) is 0 Å². The second kappa shape index (κ2) is 10.8. The lowest BCUT2D eigenvalue weighted by atomic mass is 9.72. The molecule has 0 radical (unpaired) electrons. The number of hydrogen-bond acceptors (Lipinski definition) is 5. The molecule has 1 heterocycles. The van der Waals surface area contributed by atoms with Crippen LogP contribution < -0.4 is 5.32 Å². The van der Waals surface area contributed by atoms with Gasteiger partial charge in [-0.3, -0.25) is 9.69 Å². The Morgan fingerprint density at radius 1 is 0.833 bits per heavy atom. The summed E-state index contributed by atoms with van der Waals surface area (Å²) < 4.78 is 106. The van der Waals surface area contributed by atoms with Crippen molar-refractivity contribution in [2.45, 2.75) is 40.9 Å². The van der Waals surface area contributed by atoms with E-state index in [1.54, 1.807) is 48.5 Å². The summed E-state index contributed by atoms with van der Waals surface area (Å²) in [6.45, 7) is -0.425. The lowest BCUT2D eigenvalue weighted by Crippen LogP contribution is -2.56. The van der Waals surface area contributed by atoms with E-state index in [0.717, 1.165) is 23.3 Å². The van der Waals surface area contributed by atoms with Gasteiger partial charge in [-0.15, -0.1) is 0 Å². The molecule has 6 rings (SSSR count). The van der Waals surface area contributed by atoms with E-state index in [2.05, 4.69) is 5.32 Å². The predicted molar refractivity (Wildman–Crippen MR) is 160 cm³/mol. The van der Waals surface area contributed by atoms with Crippen molar-refractivity contribution >= 4 is 27.5 Å². The van der Waals surface area contributed by atoms with E-state index in [-0.39, 0.29) is 21.7 Å². The smallest absolute Gasteiger partial charge is 0.430 e. The first-order valence-electron chi connectivity index (χ1n) is 14.1. The minimum absolute atomic E-state index is 0.131. The molecule has 2 amide bonds. The molecule has 15 heteroatoms.